The number of nitrogens with two attached hydrogens (primary N) is 1. The third kappa shape index (κ3) is 2.29. The van der Waals surface area contributed by atoms with Gasteiger partial charge < -0.3 is 11.1 Å². The molecule has 2 rings (SSSR count). The van der Waals surface area contributed by atoms with E-state index in [-0.39, 0.29) is 23.6 Å². The average Bonchev–Trinajstić information content (AvgIpc) is 2.38. The van der Waals surface area contributed by atoms with Crippen molar-refractivity contribution in [2.45, 2.75) is 37.5 Å². The summed E-state index contributed by atoms with van der Waals surface area (Å²) in [6.07, 6.45) is 0.288. The Morgan fingerprint density at radius 1 is 1.43 bits per heavy atom. The summed E-state index contributed by atoms with van der Waals surface area (Å²) in [6, 6.07) is 4.04. The topological polar surface area (TPSA) is 96.0 Å². The molecular weight excluding hydrogens is 293 g/mol. The van der Waals surface area contributed by atoms with Crippen LogP contribution in [-0.2, 0) is 15.4 Å². The lowest BCUT2D eigenvalue weighted by Gasteiger charge is -2.44. The van der Waals surface area contributed by atoms with Crippen LogP contribution in [-0.4, -0.2) is 24.8 Å². The van der Waals surface area contributed by atoms with Crippen LogP contribution in [0.15, 0.2) is 18.2 Å². The van der Waals surface area contributed by atoms with Crippen molar-refractivity contribution in [3.05, 3.63) is 29.6 Å². The molecule has 0 unspecified atom stereocenters. The summed E-state index contributed by atoms with van der Waals surface area (Å²) in [6.45, 7) is 4.82. The van der Waals surface area contributed by atoms with E-state index >= 15 is 0 Å². The molecule has 7 heteroatoms. The van der Waals surface area contributed by atoms with Crippen molar-refractivity contribution >= 4 is 21.4 Å². The van der Waals surface area contributed by atoms with E-state index in [0.29, 0.717) is 5.69 Å². The van der Waals surface area contributed by atoms with E-state index in [0.717, 1.165) is 0 Å². The van der Waals surface area contributed by atoms with Gasteiger partial charge in [-0.25, -0.2) is 12.8 Å². The molecule has 2 atom stereocenters. The first kappa shape index (κ1) is 15.8. The molecule has 0 spiro atoms. The molecule has 4 N–H and O–H groups in total. The summed E-state index contributed by atoms with van der Waals surface area (Å²) in [5, 5.41) is 11.0. The van der Waals surface area contributed by atoms with Crippen molar-refractivity contribution in [3.63, 3.8) is 0 Å². The fourth-order valence-electron chi connectivity index (χ4n) is 2.65. The molecule has 1 fully saturated rings. The number of rotatable bonds is 2. The number of nitrogen functional groups attached to an aromatic ring is 1. The number of anilines is 1. The third-order valence-electron chi connectivity index (χ3n) is 4.35. The summed E-state index contributed by atoms with van der Waals surface area (Å²) in [4.78, 5) is 0. The second-order valence-corrected chi connectivity index (χ2v) is 8.33. The van der Waals surface area contributed by atoms with Crippen LogP contribution in [0.1, 0.15) is 32.8 Å². The lowest BCUT2D eigenvalue weighted by atomic mass is 9.91. The number of benzene rings is 1. The highest BCUT2D eigenvalue weighted by Gasteiger charge is 2.52. The molecule has 0 saturated carbocycles. The van der Waals surface area contributed by atoms with Crippen LogP contribution in [0.5, 0.6) is 0 Å². The Kier molecular flexibility index (Phi) is 3.52. The van der Waals surface area contributed by atoms with Crippen LogP contribution < -0.4 is 11.1 Å². The van der Waals surface area contributed by atoms with Crippen LogP contribution >= 0.6 is 0 Å². The first-order valence-electron chi connectivity index (χ1n) is 6.71. The fourth-order valence-corrected chi connectivity index (χ4v) is 4.75. The maximum absolute atomic E-state index is 14.1. The van der Waals surface area contributed by atoms with E-state index in [1.54, 1.807) is 13.8 Å². The zero-order valence-corrected chi connectivity index (χ0v) is 13.1. The molecule has 116 valence electrons. The lowest BCUT2D eigenvalue weighted by molar-refractivity contribution is 0.417. The van der Waals surface area contributed by atoms with Gasteiger partial charge in [-0.1, -0.05) is 6.92 Å². The predicted octanol–water partition coefficient (Wildman–Crippen LogP) is 1.79. The van der Waals surface area contributed by atoms with E-state index in [1.165, 1.54) is 25.1 Å². The molecule has 1 aromatic carbocycles. The number of hydrogen-bond acceptors (Lipinski definition) is 4. The normalized spacial score (nSPS) is 31.7. The van der Waals surface area contributed by atoms with Gasteiger partial charge in [0.05, 0.1) is 11.3 Å². The predicted molar refractivity (Wildman–Crippen MR) is 81.5 cm³/mol. The van der Waals surface area contributed by atoms with Crippen LogP contribution in [0.2, 0.25) is 0 Å². The molecule has 0 radical (unpaired) electrons. The van der Waals surface area contributed by atoms with Gasteiger partial charge in [-0.15, -0.1) is 0 Å². The Morgan fingerprint density at radius 2 is 2.05 bits per heavy atom. The van der Waals surface area contributed by atoms with Gasteiger partial charge in [0.1, 0.15) is 16.4 Å². The first-order chi connectivity index (χ1) is 9.56. The molecule has 1 saturated heterocycles. The van der Waals surface area contributed by atoms with Gasteiger partial charge in [0, 0.05) is 11.3 Å². The Hall–Kier alpha value is -1.63. The molecule has 1 aliphatic heterocycles. The van der Waals surface area contributed by atoms with Gasteiger partial charge in [0.25, 0.3) is 0 Å². The van der Waals surface area contributed by atoms with Crippen molar-refractivity contribution in [1.82, 2.24) is 5.32 Å². The number of hydrogen-bond donors (Lipinski definition) is 3. The number of amidine groups is 1. The fraction of sp³-hybridized carbons (Fsp3) is 0.500. The Balaban J connectivity index is 2.57. The monoisotopic (exact) mass is 313 g/mol. The minimum Gasteiger partial charge on any atom is -0.399 e. The van der Waals surface area contributed by atoms with Crippen molar-refractivity contribution in [1.29, 1.82) is 5.41 Å². The zero-order chi connectivity index (χ0) is 16.1. The standard InChI is InChI=1S/C14H20FN3O2S/c1-4-14(3)12(17)18-13(2,8-21(14,19)20)10-7-9(16)5-6-11(10)15/h5-7H,4,8,16H2,1-3H3,(H2,17,18)/t13-,14-/m0/s1. The lowest BCUT2D eigenvalue weighted by Crippen LogP contribution is -2.64. The van der Waals surface area contributed by atoms with E-state index in [9.17, 15) is 12.8 Å². The van der Waals surface area contributed by atoms with Gasteiger partial charge in [0.15, 0.2) is 9.84 Å². The van der Waals surface area contributed by atoms with E-state index < -0.39 is 25.9 Å². The molecule has 1 aromatic rings. The second-order valence-electron chi connectivity index (χ2n) is 5.91. The Labute approximate surface area is 124 Å². The number of halogens is 1. The minimum absolute atomic E-state index is 0.111. The summed E-state index contributed by atoms with van der Waals surface area (Å²) in [5.41, 5.74) is 4.98. The summed E-state index contributed by atoms with van der Waals surface area (Å²) >= 11 is 0. The average molecular weight is 313 g/mol. The minimum atomic E-state index is -3.60. The maximum Gasteiger partial charge on any atom is 0.165 e. The van der Waals surface area contributed by atoms with E-state index in [1.807, 2.05) is 0 Å². The summed E-state index contributed by atoms with van der Waals surface area (Å²) < 4.78 is 38.0. The zero-order valence-electron chi connectivity index (χ0n) is 12.3. The third-order valence-corrected chi connectivity index (χ3v) is 7.18. The van der Waals surface area contributed by atoms with Crippen LogP contribution in [0.25, 0.3) is 0 Å². The highest BCUT2D eigenvalue weighted by molar-refractivity contribution is 7.93. The second kappa shape index (κ2) is 4.69. The quantitative estimate of drug-likeness (QED) is 0.725. The largest absolute Gasteiger partial charge is 0.399 e. The van der Waals surface area contributed by atoms with E-state index in [2.05, 4.69) is 5.32 Å². The van der Waals surface area contributed by atoms with Crippen molar-refractivity contribution in [2.24, 2.45) is 0 Å². The van der Waals surface area contributed by atoms with Crippen molar-refractivity contribution in [2.75, 3.05) is 11.5 Å². The molecule has 0 amide bonds. The van der Waals surface area contributed by atoms with Crippen LogP contribution in [0, 0.1) is 11.2 Å². The highest BCUT2D eigenvalue weighted by atomic mass is 32.2. The summed E-state index contributed by atoms with van der Waals surface area (Å²) in [7, 11) is -3.60. The maximum atomic E-state index is 14.1. The molecule has 1 heterocycles. The molecule has 1 aliphatic rings. The van der Waals surface area contributed by atoms with Crippen molar-refractivity contribution in [3.8, 4) is 0 Å². The van der Waals surface area contributed by atoms with Gasteiger partial charge in [-0.3, -0.25) is 5.41 Å². The van der Waals surface area contributed by atoms with Gasteiger partial charge in [-0.2, -0.15) is 0 Å². The number of sulfone groups is 1. The molecular formula is C14H20FN3O2S. The van der Waals surface area contributed by atoms with Gasteiger partial charge in [0.2, 0.25) is 0 Å². The molecule has 0 aromatic heterocycles. The van der Waals surface area contributed by atoms with E-state index in [4.69, 9.17) is 11.1 Å². The number of nitrogens with one attached hydrogen (secondary N) is 2. The summed E-state index contributed by atoms with van der Waals surface area (Å²) in [5.74, 6) is -0.935. The molecule has 21 heavy (non-hydrogen) atoms. The van der Waals surface area contributed by atoms with Gasteiger partial charge >= 0.3 is 0 Å². The van der Waals surface area contributed by atoms with Gasteiger partial charge in [-0.05, 0) is 38.5 Å². The first-order valence-corrected chi connectivity index (χ1v) is 8.36. The molecule has 5 nitrogen and oxygen atoms in total. The van der Waals surface area contributed by atoms with Crippen LogP contribution in [0.3, 0.4) is 0 Å². The molecule has 0 bridgehead atoms. The smallest absolute Gasteiger partial charge is 0.165 e. The Morgan fingerprint density at radius 3 is 2.57 bits per heavy atom. The van der Waals surface area contributed by atoms with Crippen LogP contribution in [0.4, 0.5) is 10.1 Å². The van der Waals surface area contributed by atoms with Crippen molar-refractivity contribution < 1.29 is 12.8 Å². The Bertz CT molecular complexity index is 704. The SMILES string of the molecule is CC[C@@]1(C)C(=N)N[C@](C)(c2cc(N)ccc2F)CS1(=O)=O. The highest BCUT2D eigenvalue weighted by Crippen LogP contribution is 2.37. The molecule has 0 aliphatic carbocycles.